The fourth-order valence-corrected chi connectivity index (χ4v) is 3.82. The molecule has 0 aliphatic carbocycles. The SMILES string of the molecule is CCc1csc(C(=O)Nc2c(OC)cccc2OC)n1.CCc1csc(C(=O)O)n1. The van der Waals surface area contributed by atoms with E-state index in [2.05, 4.69) is 15.3 Å². The second-order valence-electron chi connectivity index (χ2n) is 5.79. The van der Waals surface area contributed by atoms with Crippen molar-refractivity contribution in [2.24, 2.45) is 0 Å². The molecule has 3 aromatic rings. The van der Waals surface area contributed by atoms with Crippen molar-refractivity contribution in [1.82, 2.24) is 9.97 Å². The standard InChI is InChI=1S/C14H16N2O3S.C6H7NO2S/c1-4-9-8-20-14(15-9)13(17)16-12-10(18-2)6-5-7-11(12)19-3;1-2-4-3-10-5(7-4)6(8)9/h5-8H,4H2,1-3H3,(H,16,17);3H,2H2,1H3,(H,8,9). The molecule has 0 saturated carbocycles. The second-order valence-corrected chi connectivity index (χ2v) is 7.51. The summed E-state index contributed by atoms with van der Waals surface area (Å²) >= 11 is 2.50. The summed E-state index contributed by atoms with van der Waals surface area (Å²) in [6.45, 7) is 3.95. The van der Waals surface area contributed by atoms with Gasteiger partial charge in [-0.15, -0.1) is 22.7 Å². The van der Waals surface area contributed by atoms with Gasteiger partial charge in [0.15, 0.2) is 5.01 Å². The van der Waals surface area contributed by atoms with E-state index in [0.29, 0.717) is 22.2 Å². The number of carbonyl (C=O) groups excluding carboxylic acids is 1. The first-order chi connectivity index (χ1) is 14.4. The number of carboxylic acid groups (broad SMARTS) is 1. The second kappa shape index (κ2) is 11.3. The van der Waals surface area contributed by atoms with Gasteiger partial charge in [-0.1, -0.05) is 19.9 Å². The highest BCUT2D eigenvalue weighted by Crippen LogP contribution is 2.34. The van der Waals surface area contributed by atoms with Crippen molar-refractivity contribution in [3.8, 4) is 11.5 Å². The Balaban J connectivity index is 0.000000269. The maximum Gasteiger partial charge on any atom is 0.365 e. The number of methoxy groups -OCH3 is 2. The van der Waals surface area contributed by atoms with Crippen LogP contribution < -0.4 is 14.8 Å². The van der Waals surface area contributed by atoms with Crippen molar-refractivity contribution >= 4 is 40.2 Å². The number of rotatable bonds is 7. The van der Waals surface area contributed by atoms with Crippen molar-refractivity contribution in [3.63, 3.8) is 0 Å². The minimum Gasteiger partial charge on any atom is -0.494 e. The summed E-state index contributed by atoms with van der Waals surface area (Å²) in [4.78, 5) is 30.6. The number of aromatic carboxylic acids is 1. The predicted octanol–water partition coefficient (Wildman–Crippen LogP) is 4.38. The van der Waals surface area contributed by atoms with Crippen molar-refractivity contribution < 1.29 is 24.2 Å². The first kappa shape index (κ1) is 23.3. The van der Waals surface area contributed by atoms with E-state index in [0.717, 1.165) is 24.2 Å². The summed E-state index contributed by atoms with van der Waals surface area (Å²) in [7, 11) is 3.09. The van der Waals surface area contributed by atoms with Crippen molar-refractivity contribution in [1.29, 1.82) is 0 Å². The third-order valence-corrected chi connectivity index (χ3v) is 5.64. The zero-order chi connectivity index (χ0) is 22.1. The normalized spacial score (nSPS) is 10.0. The lowest BCUT2D eigenvalue weighted by Gasteiger charge is -2.13. The van der Waals surface area contributed by atoms with E-state index >= 15 is 0 Å². The van der Waals surface area contributed by atoms with Crippen LogP contribution in [-0.2, 0) is 12.8 Å². The number of benzene rings is 1. The molecule has 0 aliphatic rings. The maximum absolute atomic E-state index is 12.2. The lowest BCUT2D eigenvalue weighted by Crippen LogP contribution is -2.13. The number of nitrogens with zero attached hydrogens (tertiary/aromatic N) is 2. The molecule has 0 aliphatic heterocycles. The summed E-state index contributed by atoms with van der Waals surface area (Å²) in [5.41, 5.74) is 2.27. The Labute approximate surface area is 182 Å². The van der Waals surface area contributed by atoms with E-state index in [4.69, 9.17) is 14.6 Å². The average Bonchev–Trinajstić information content (AvgIpc) is 3.44. The highest BCUT2D eigenvalue weighted by molar-refractivity contribution is 7.12. The Kier molecular flexibility index (Phi) is 8.75. The molecule has 0 saturated heterocycles. The minimum atomic E-state index is -0.940. The Morgan fingerprint density at radius 1 is 0.967 bits per heavy atom. The molecule has 3 rings (SSSR count). The number of ether oxygens (including phenoxy) is 2. The largest absolute Gasteiger partial charge is 0.494 e. The Hall–Kier alpha value is -2.98. The molecule has 1 aromatic carbocycles. The lowest BCUT2D eigenvalue weighted by atomic mass is 10.2. The molecule has 2 aromatic heterocycles. The number of hydrogen-bond acceptors (Lipinski definition) is 8. The molecule has 0 bridgehead atoms. The predicted molar refractivity (Wildman–Crippen MR) is 117 cm³/mol. The minimum absolute atomic E-state index is 0.178. The highest BCUT2D eigenvalue weighted by atomic mass is 32.1. The first-order valence-corrected chi connectivity index (χ1v) is 10.8. The van der Waals surface area contributed by atoms with Gasteiger partial charge in [0.1, 0.15) is 17.2 Å². The number of anilines is 1. The molecule has 0 atom stereocenters. The third kappa shape index (κ3) is 6.01. The molecule has 0 spiro atoms. The van der Waals surface area contributed by atoms with Crippen LogP contribution in [0, 0.1) is 0 Å². The number of aryl methyl sites for hydroxylation is 2. The lowest BCUT2D eigenvalue weighted by molar-refractivity contribution is 0.0696. The van der Waals surface area contributed by atoms with Crippen LogP contribution in [0.3, 0.4) is 0 Å². The van der Waals surface area contributed by atoms with Crippen LogP contribution in [-0.4, -0.2) is 41.2 Å². The van der Waals surface area contributed by atoms with Gasteiger partial charge in [-0.25, -0.2) is 14.8 Å². The van der Waals surface area contributed by atoms with Gasteiger partial charge in [0.25, 0.3) is 5.91 Å². The summed E-state index contributed by atoms with van der Waals surface area (Å²) in [6.07, 6.45) is 1.60. The summed E-state index contributed by atoms with van der Waals surface area (Å²) in [5, 5.41) is 15.5. The average molecular weight is 450 g/mol. The van der Waals surface area contributed by atoms with Crippen molar-refractivity contribution in [3.05, 3.63) is 50.4 Å². The molecule has 10 heteroatoms. The fraction of sp³-hybridized carbons (Fsp3) is 0.300. The van der Waals surface area contributed by atoms with Crippen LogP contribution in [0.2, 0.25) is 0 Å². The summed E-state index contributed by atoms with van der Waals surface area (Å²) in [5.74, 6) is -0.114. The number of para-hydroxylation sites is 1. The molecule has 0 radical (unpaired) electrons. The van der Waals surface area contributed by atoms with Gasteiger partial charge >= 0.3 is 5.97 Å². The van der Waals surface area contributed by atoms with E-state index < -0.39 is 5.97 Å². The maximum atomic E-state index is 12.2. The molecule has 8 nitrogen and oxygen atoms in total. The van der Waals surface area contributed by atoms with Gasteiger partial charge in [-0.2, -0.15) is 0 Å². The van der Waals surface area contributed by atoms with E-state index in [-0.39, 0.29) is 10.9 Å². The van der Waals surface area contributed by atoms with Crippen molar-refractivity contribution in [2.45, 2.75) is 26.7 Å². The molecule has 2 heterocycles. The smallest absolute Gasteiger partial charge is 0.365 e. The number of hydrogen-bond donors (Lipinski definition) is 2. The summed E-state index contributed by atoms with van der Waals surface area (Å²) < 4.78 is 10.5. The third-order valence-electron chi connectivity index (χ3n) is 3.87. The topological polar surface area (TPSA) is 111 Å². The highest BCUT2D eigenvalue weighted by Gasteiger charge is 2.16. The molecule has 30 heavy (non-hydrogen) atoms. The molecule has 2 N–H and O–H groups in total. The number of carbonyl (C=O) groups is 2. The van der Waals surface area contributed by atoms with Crippen LogP contribution in [0.5, 0.6) is 11.5 Å². The van der Waals surface area contributed by atoms with Gasteiger partial charge in [-0.05, 0) is 25.0 Å². The van der Waals surface area contributed by atoms with Gasteiger partial charge in [-0.3, -0.25) is 4.79 Å². The van der Waals surface area contributed by atoms with Gasteiger partial charge < -0.3 is 19.9 Å². The summed E-state index contributed by atoms with van der Waals surface area (Å²) in [6, 6.07) is 5.32. The molecule has 1 amide bonds. The zero-order valence-corrected chi connectivity index (χ0v) is 18.7. The number of aromatic nitrogens is 2. The van der Waals surface area contributed by atoms with Crippen LogP contribution in [0.25, 0.3) is 0 Å². The Morgan fingerprint density at radius 2 is 1.47 bits per heavy atom. The Morgan fingerprint density at radius 3 is 1.87 bits per heavy atom. The first-order valence-electron chi connectivity index (χ1n) is 9.07. The molecule has 160 valence electrons. The van der Waals surface area contributed by atoms with Crippen molar-refractivity contribution in [2.75, 3.05) is 19.5 Å². The van der Waals surface area contributed by atoms with E-state index in [1.165, 1.54) is 22.7 Å². The quantitative estimate of drug-likeness (QED) is 0.551. The van der Waals surface area contributed by atoms with Crippen LogP contribution in [0.1, 0.15) is 44.8 Å². The molecular weight excluding hydrogens is 426 g/mol. The molecule has 0 unspecified atom stereocenters. The number of nitrogens with one attached hydrogen (secondary N) is 1. The number of amides is 1. The van der Waals surface area contributed by atoms with Gasteiger partial charge in [0, 0.05) is 10.8 Å². The van der Waals surface area contributed by atoms with Crippen LogP contribution in [0.15, 0.2) is 29.0 Å². The molecular formula is C20H23N3O5S2. The fourth-order valence-electron chi connectivity index (χ4n) is 2.28. The monoisotopic (exact) mass is 449 g/mol. The van der Waals surface area contributed by atoms with E-state index in [1.807, 2.05) is 19.2 Å². The number of carboxylic acids is 1. The van der Waals surface area contributed by atoms with E-state index in [9.17, 15) is 9.59 Å². The van der Waals surface area contributed by atoms with E-state index in [1.54, 1.807) is 37.8 Å². The van der Waals surface area contributed by atoms with Gasteiger partial charge in [0.2, 0.25) is 5.01 Å². The van der Waals surface area contributed by atoms with Crippen LogP contribution >= 0.6 is 22.7 Å². The molecule has 0 fully saturated rings. The Bertz CT molecular complexity index is 978. The van der Waals surface area contributed by atoms with Crippen LogP contribution in [0.4, 0.5) is 5.69 Å². The number of thiazole rings is 2. The van der Waals surface area contributed by atoms with Gasteiger partial charge in [0.05, 0.1) is 25.6 Å². The zero-order valence-electron chi connectivity index (χ0n) is 17.1.